The standard InChI is InChI=1S/C30H30/c1-17-11-12-26(25-15-13-23-18(2)7-9-20(4)28(23)25)30(22(17)6)27-16-14-24-19(3)8-10-21(5)29(24)27/h7-16,25,27H,1-6H3. The highest BCUT2D eigenvalue weighted by Crippen LogP contribution is 2.47. The Hall–Kier alpha value is -2.86. The van der Waals surface area contributed by atoms with E-state index in [2.05, 4.69) is 102 Å². The first kappa shape index (κ1) is 19.1. The second kappa shape index (κ2) is 6.84. The monoisotopic (exact) mass is 390 g/mol. The van der Waals surface area contributed by atoms with E-state index in [9.17, 15) is 0 Å². The van der Waals surface area contributed by atoms with E-state index in [0.717, 1.165) is 0 Å². The second-order valence-corrected chi connectivity index (χ2v) is 9.24. The van der Waals surface area contributed by atoms with Gasteiger partial charge in [-0.1, -0.05) is 60.7 Å². The molecule has 0 bridgehead atoms. The molecule has 30 heavy (non-hydrogen) atoms. The molecule has 0 aliphatic heterocycles. The van der Waals surface area contributed by atoms with Crippen LogP contribution in [0.2, 0.25) is 0 Å². The summed E-state index contributed by atoms with van der Waals surface area (Å²) in [5.41, 5.74) is 17.1. The van der Waals surface area contributed by atoms with Crippen LogP contribution in [0.5, 0.6) is 0 Å². The molecular weight excluding hydrogens is 360 g/mol. The molecule has 0 amide bonds. The lowest BCUT2D eigenvalue weighted by Gasteiger charge is -2.26. The Balaban J connectivity index is 1.75. The number of rotatable bonds is 2. The molecule has 3 aromatic carbocycles. The third-order valence-corrected chi connectivity index (χ3v) is 7.44. The van der Waals surface area contributed by atoms with Crippen LogP contribution in [0, 0.1) is 41.5 Å². The maximum Gasteiger partial charge on any atom is 0.0287 e. The summed E-state index contributed by atoms with van der Waals surface area (Å²) in [5.74, 6) is 0.661. The maximum absolute atomic E-state index is 2.43. The molecule has 3 aromatic rings. The van der Waals surface area contributed by atoms with Gasteiger partial charge in [0, 0.05) is 11.8 Å². The van der Waals surface area contributed by atoms with Crippen molar-refractivity contribution < 1.29 is 0 Å². The molecule has 150 valence electrons. The summed E-state index contributed by atoms with van der Waals surface area (Å²) in [6.45, 7) is 13.6. The van der Waals surface area contributed by atoms with Gasteiger partial charge in [0.05, 0.1) is 0 Å². The van der Waals surface area contributed by atoms with E-state index in [1.54, 1.807) is 0 Å². The van der Waals surface area contributed by atoms with Crippen LogP contribution in [0.3, 0.4) is 0 Å². The summed E-state index contributed by atoms with van der Waals surface area (Å²) in [5, 5.41) is 0. The van der Waals surface area contributed by atoms with Crippen molar-refractivity contribution in [1.29, 1.82) is 0 Å². The van der Waals surface area contributed by atoms with Crippen molar-refractivity contribution in [3.63, 3.8) is 0 Å². The number of aryl methyl sites for hydroxylation is 5. The molecule has 0 fully saturated rings. The SMILES string of the molecule is Cc1ccc(C2C=Cc3c(C)ccc(C)c32)c(C2C=Cc3c(C)ccc(C)c32)c1C. The van der Waals surface area contributed by atoms with Gasteiger partial charge in [-0.15, -0.1) is 0 Å². The molecule has 2 atom stereocenters. The zero-order valence-corrected chi connectivity index (χ0v) is 18.9. The minimum atomic E-state index is 0.330. The number of allylic oxidation sites excluding steroid dienone is 2. The number of fused-ring (bicyclic) bond motifs is 2. The second-order valence-electron chi connectivity index (χ2n) is 9.24. The molecule has 0 N–H and O–H groups in total. The average Bonchev–Trinajstić information content (AvgIpc) is 3.36. The van der Waals surface area contributed by atoms with Crippen molar-refractivity contribution in [2.24, 2.45) is 0 Å². The Bertz CT molecular complexity index is 1250. The Kier molecular flexibility index (Phi) is 4.36. The van der Waals surface area contributed by atoms with Gasteiger partial charge < -0.3 is 0 Å². The minimum Gasteiger partial charge on any atom is -0.0720 e. The normalized spacial score (nSPS) is 18.7. The molecule has 0 radical (unpaired) electrons. The van der Waals surface area contributed by atoms with Crippen molar-refractivity contribution in [3.05, 3.63) is 115 Å². The summed E-state index contributed by atoms with van der Waals surface area (Å²) < 4.78 is 0. The quantitative estimate of drug-likeness (QED) is 0.418. The molecule has 5 rings (SSSR count). The molecule has 2 unspecified atom stereocenters. The van der Waals surface area contributed by atoms with Crippen LogP contribution in [-0.4, -0.2) is 0 Å². The first-order valence-electron chi connectivity index (χ1n) is 11.0. The largest absolute Gasteiger partial charge is 0.0720 e. The lowest BCUT2D eigenvalue weighted by atomic mass is 9.77. The fourth-order valence-electron chi connectivity index (χ4n) is 5.60. The minimum absolute atomic E-state index is 0.330. The molecule has 0 heterocycles. The lowest BCUT2D eigenvalue weighted by molar-refractivity contribution is 0.923. The van der Waals surface area contributed by atoms with Crippen LogP contribution >= 0.6 is 0 Å². The first-order chi connectivity index (χ1) is 14.4. The van der Waals surface area contributed by atoms with Gasteiger partial charge in [0.2, 0.25) is 0 Å². The number of hydrogen-bond donors (Lipinski definition) is 0. The van der Waals surface area contributed by atoms with Crippen LogP contribution in [0.25, 0.3) is 12.2 Å². The van der Waals surface area contributed by atoms with Gasteiger partial charge in [-0.2, -0.15) is 0 Å². The fraction of sp³-hybridized carbons (Fsp3) is 0.267. The zero-order valence-electron chi connectivity index (χ0n) is 18.9. The molecular formula is C30H30. The predicted octanol–water partition coefficient (Wildman–Crippen LogP) is 7.85. The van der Waals surface area contributed by atoms with Crippen molar-refractivity contribution in [2.75, 3.05) is 0 Å². The molecule has 0 spiro atoms. The molecule has 2 aliphatic rings. The first-order valence-corrected chi connectivity index (χ1v) is 11.0. The number of benzene rings is 3. The molecule has 0 heteroatoms. The van der Waals surface area contributed by atoms with Crippen molar-refractivity contribution >= 4 is 12.2 Å². The van der Waals surface area contributed by atoms with Gasteiger partial charge in [0.1, 0.15) is 0 Å². The Morgan fingerprint density at radius 2 is 0.933 bits per heavy atom. The van der Waals surface area contributed by atoms with Gasteiger partial charge in [-0.05, 0) is 108 Å². The highest BCUT2D eigenvalue weighted by atomic mass is 14.3. The zero-order chi connectivity index (χ0) is 21.2. The Morgan fingerprint density at radius 1 is 0.467 bits per heavy atom. The molecule has 0 nitrogen and oxygen atoms in total. The van der Waals surface area contributed by atoms with Crippen molar-refractivity contribution in [1.82, 2.24) is 0 Å². The number of hydrogen-bond acceptors (Lipinski definition) is 0. The van der Waals surface area contributed by atoms with Crippen LogP contribution in [0.4, 0.5) is 0 Å². The summed E-state index contributed by atoms with van der Waals surface area (Å²) in [6.07, 6.45) is 9.54. The van der Waals surface area contributed by atoms with E-state index < -0.39 is 0 Å². The summed E-state index contributed by atoms with van der Waals surface area (Å²) in [6, 6.07) is 13.8. The van der Waals surface area contributed by atoms with E-state index in [-0.39, 0.29) is 0 Å². The highest BCUT2D eigenvalue weighted by molar-refractivity contribution is 5.74. The highest BCUT2D eigenvalue weighted by Gasteiger charge is 2.31. The third kappa shape index (κ3) is 2.67. The van der Waals surface area contributed by atoms with Crippen molar-refractivity contribution in [2.45, 2.75) is 53.4 Å². The van der Waals surface area contributed by atoms with E-state index in [1.165, 1.54) is 66.8 Å². The molecule has 0 saturated carbocycles. The van der Waals surface area contributed by atoms with Crippen LogP contribution in [-0.2, 0) is 0 Å². The van der Waals surface area contributed by atoms with Crippen molar-refractivity contribution in [3.8, 4) is 0 Å². The van der Waals surface area contributed by atoms with Gasteiger partial charge in [0.25, 0.3) is 0 Å². The van der Waals surface area contributed by atoms with E-state index in [4.69, 9.17) is 0 Å². The van der Waals surface area contributed by atoms with Crippen LogP contribution in [0.1, 0.15) is 78.6 Å². The summed E-state index contributed by atoms with van der Waals surface area (Å²) in [7, 11) is 0. The lowest BCUT2D eigenvalue weighted by Crippen LogP contribution is -2.10. The van der Waals surface area contributed by atoms with Gasteiger partial charge >= 0.3 is 0 Å². The maximum atomic E-state index is 2.43. The average molecular weight is 391 g/mol. The van der Waals surface area contributed by atoms with E-state index in [1.807, 2.05) is 0 Å². The smallest absolute Gasteiger partial charge is 0.0287 e. The van der Waals surface area contributed by atoms with Gasteiger partial charge in [-0.25, -0.2) is 0 Å². The topological polar surface area (TPSA) is 0 Å². The predicted molar refractivity (Wildman–Crippen MR) is 130 cm³/mol. The van der Waals surface area contributed by atoms with E-state index in [0.29, 0.717) is 11.8 Å². The van der Waals surface area contributed by atoms with E-state index >= 15 is 0 Å². The van der Waals surface area contributed by atoms with Gasteiger partial charge in [-0.3, -0.25) is 0 Å². The Morgan fingerprint density at radius 3 is 1.53 bits per heavy atom. The van der Waals surface area contributed by atoms with Crippen LogP contribution in [0.15, 0.2) is 48.6 Å². The molecule has 0 aromatic heterocycles. The third-order valence-electron chi connectivity index (χ3n) is 7.44. The summed E-state index contributed by atoms with van der Waals surface area (Å²) >= 11 is 0. The fourth-order valence-corrected chi connectivity index (χ4v) is 5.60. The molecule has 2 aliphatic carbocycles. The Labute approximate surface area is 181 Å². The summed E-state index contributed by atoms with van der Waals surface area (Å²) in [4.78, 5) is 0. The van der Waals surface area contributed by atoms with Crippen LogP contribution < -0.4 is 0 Å². The molecule has 0 saturated heterocycles. The van der Waals surface area contributed by atoms with Gasteiger partial charge in [0.15, 0.2) is 0 Å².